The maximum Gasteiger partial charge on any atom is 0.290 e. The molecule has 2 heterocycles. The smallest absolute Gasteiger partial charge is 0.290 e. The van der Waals surface area contributed by atoms with Crippen molar-refractivity contribution < 1.29 is 9.18 Å². The lowest BCUT2D eigenvalue weighted by atomic mass is 10.1. The maximum atomic E-state index is 13.2. The first kappa shape index (κ1) is 17.6. The number of aromatic amines is 1. The van der Waals surface area contributed by atoms with Crippen LogP contribution in [0.4, 0.5) is 10.1 Å². The second-order valence-corrected chi connectivity index (χ2v) is 6.34. The van der Waals surface area contributed by atoms with E-state index >= 15 is 0 Å². The first-order valence-corrected chi connectivity index (χ1v) is 8.60. The van der Waals surface area contributed by atoms with Crippen LogP contribution in [0.5, 0.6) is 0 Å². The average molecular weight is 377 g/mol. The molecule has 0 radical (unpaired) electrons. The number of halogens is 1. The van der Waals surface area contributed by atoms with E-state index in [1.165, 1.54) is 16.6 Å². The van der Waals surface area contributed by atoms with Gasteiger partial charge in [0.1, 0.15) is 11.3 Å². The topological polar surface area (TPSA) is 92.1 Å². The zero-order valence-corrected chi connectivity index (χ0v) is 14.9. The number of H-pyrrole nitrogens is 1. The van der Waals surface area contributed by atoms with E-state index in [1.807, 2.05) is 31.2 Å². The lowest BCUT2D eigenvalue weighted by Crippen LogP contribution is -2.22. The molecule has 0 aliphatic carbocycles. The van der Waals surface area contributed by atoms with Crippen LogP contribution in [0, 0.1) is 12.7 Å². The number of aryl methyl sites for hydroxylation is 1. The quantitative estimate of drug-likeness (QED) is 0.572. The maximum absolute atomic E-state index is 13.2. The summed E-state index contributed by atoms with van der Waals surface area (Å²) in [5, 5.41) is 13.6. The molecule has 0 atom stereocenters. The second-order valence-electron chi connectivity index (χ2n) is 6.34. The molecule has 28 heavy (non-hydrogen) atoms. The fourth-order valence-electron chi connectivity index (χ4n) is 2.89. The number of hydrogen-bond donors (Lipinski definition) is 2. The minimum atomic E-state index is -0.427. The molecule has 0 saturated heterocycles. The summed E-state index contributed by atoms with van der Waals surface area (Å²) >= 11 is 0. The molecular formula is C20H16FN5O2. The number of nitrogens with zero attached hydrogens (tertiary/aromatic N) is 3. The summed E-state index contributed by atoms with van der Waals surface area (Å²) in [5.74, 6) is -0.358. The summed E-state index contributed by atoms with van der Waals surface area (Å²) in [7, 11) is 0. The largest absolute Gasteiger partial charge is 0.325 e. The van der Waals surface area contributed by atoms with Crippen LogP contribution in [0.15, 0.2) is 59.4 Å². The highest BCUT2D eigenvalue weighted by Gasteiger charge is 2.15. The van der Waals surface area contributed by atoms with Gasteiger partial charge in [-0.05, 0) is 48.9 Å². The summed E-state index contributed by atoms with van der Waals surface area (Å²) < 4.78 is 14.5. The van der Waals surface area contributed by atoms with Crippen molar-refractivity contribution in [1.82, 2.24) is 19.8 Å². The van der Waals surface area contributed by atoms with E-state index in [0.29, 0.717) is 16.9 Å². The van der Waals surface area contributed by atoms with Gasteiger partial charge in [0.15, 0.2) is 5.82 Å². The van der Waals surface area contributed by atoms with Crippen molar-refractivity contribution in [2.75, 3.05) is 5.32 Å². The number of carbonyl (C=O) groups is 1. The van der Waals surface area contributed by atoms with Gasteiger partial charge >= 0.3 is 0 Å². The normalized spacial score (nSPS) is 10.9. The first-order valence-electron chi connectivity index (χ1n) is 8.60. The molecule has 0 saturated carbocycles. The third kappa shape index (κ3) is 3.39. The summed E-state index contributed by atoms with van der Waals surface area (Å²) in [6, 6.07) is 14.8. The Hall–Kier alpha value is -3.81. The molecule has 2 N–H and O–H groups in total. The molecule has 4 aromatic rings. The molecule has 0 spiro atoms. The van der Waals surface area contributed by atoms with Gasteiger partial charge in [-0.15, -0.1) is 0 Å². The van der Waals surface area contributed by atoms with Crippen LogP contribution < -0.4 is 10.9 Å². The van der Waals surface area contributed by atoms with Gasteiger partial charge < -0.3 is 5.32 Å². The van der Waals surface area contributed by atoms with Crippen molar-refractivity contribution in [2.45, 2.75) is 13.3 Å². The number of amides is 1. The molecular weight excluding hydrogens is 361 g/mol. The number of anilines is 1. The third-order valence-electron chi connectivity index (χ3n) is 4.35. The molecule has 8 heteroatoms. The van der Waals surface area contributed by atoms with E-state index in [2.05, 4.69) is 20.6 Å². The van der Waals surface area contributed by atoms with Gasteiger partial charge in [-0.25, -0.2) is 14.0 Å². The van der Waals surface area contributed by atoms with Crippen molar-refractivity contribution >= 4 is 17.1 Å². The van der Waals surface area contributed by atoms with E-state index in [0.717, 1.165) is 5.56 Å². The molecule has 7 nitrogen and oxygen atoms in total. The Balaban J connectivity index is 1.66. The fourth-order valence-corrected chi connectivity index (χ4v) is 2.89. The predicted octanol–water partition coefficient (Wildman–Crippen LogP) is 2.71. The zero-order valence-electron chi connectivity index (χ0n) is 14.9. The number of fused-ring (bicyclic) bond motifs is 1. The fraction of sp³-hybridized carbons (Fsp3) is 0.100. The zero-order chi connectivity index (χ0) is 19.7. The Morgan fingerprint density at radius 3 is 2.68 bits per heavy atom. The number of hydrogen-bond acceptors (Lipinski definition) is 4. The van der Waals surface area contributed by atoms with Gasteiger partial charge in [-0.1, -0.05) is 18.2 Å². The summed E-state index contributed by atoms with van der Waals surface area (Å²) in [5.41, 5.74) is 2.62. The van der Waals surface area contributed by atoms with Gasteiger partial charge in [0.05, 0.1) is 12.1 Å². The van der Waals surface area contributed by atoms with Crippen molar-refractivity contribution in [3.8, 4) is 11.3 Å². The van der Waals surface area contributed by atoms with E-state index in [9.17, 15) is 14.0 Å². The molecule has 0 aliphatic heterocycles. The standard InChI is InChI=1S/C20H16FN5O2/c1-12-4-2-3-5-15(12)22-19(27)11-18-23-24-20(28)17-10-16(25-26(17)18)13-6-8-14(21)9-7-13/h2-10H,11H2,1H3,(H,22,27)(H,24,28). The Kier molecular flexibility index (Phi) is 4.44. The van der Waals surface area contributed by atoms with Crippen LogP contribution in [0.1, 0.15) is 11.4 Å². The Morgan fingerprint density at radius 2 is 1.93 bits per heavy atom. The highest BCUT2D eigenvalue weighted by Crippen LogP contribution is 2.19. The van der Waals surface area contributed by atoms with E-state index < -0.39 is 5.56 Å². The average Bonchev–Trinajstić information content (AvgIpc) is 3.13. The van der Waals surface area contributed by atoms with Crippen LogP contribution in [0.3, 0.4) is 0 Å². The van der Waals surface area contributed by atoms with Gasteiger partial charge in [0.2, 0.25) is 5.91 Å². The lowest BCUT2D eigenvalue weighted by Gasteiger charge is -2.08. The highest BCUT2D eigenvalue weighted by atomic mass is 19.1. The van der Waals surface area contributed by atoms with E-state index in [4.69, 9.17) is 0 Å². The SMILES string of the molecule is Cc1ccccc1NC(=O)Cc1n[nH]c(=O)c2cc(-c3ccc(F)cc3)nn12. The van der Waals surface area contributed by atoms with Crippen LogP contribution >= 0.6 is 0 Å². The Bertz CT molecular complexity index is 1230. The van der Waals surface area contributed by atoms with Crippen molar-refractivity contribution in [1.29, 1.82) is 0 Å². The molecule has 0 bridgehead atoms. The molecule has 0 unspecified atom stereocenters. The van der Waals surface area contributed by atoms with Crippen LogP contribution in [-0.2, 0) is 11.2 Å². The number of rotatable bonds is 4. The number of para-hydroxylation sites is 1. The predicted molar refractivity (Wildman–Crippen MR) is 103 cm³/mol. The van der Waals surface area contributed by atoms with Crippen LogP contribution in [0.25, 0.3) is 16.8 Å². The van der Waals surface area contributed by atoms with Crippen LogP contribution in [-0.4, -0.2) is 25.7 Å². The van der Waals surface area contributed by atoms with E-state index in [1.54, 1.807) is 18.2 Å². The summed E-state index contributed by atoms with van der Waals surface area (Å²) in [6.07, 6.45) is -0.0772. The number of aromatic nitrogens is 4. The first-order chi connectivity index (χ1) is 13.5. The number of carbonyl (C=O) groups excluding carboxylic acids is 1. The second kappa shape index (κ2) is 7.07. The summed E-state index contributed by atoms with van der Waals surface area (Å²) in [6.45, 7) is 1.90. The van der Waals surface area contributed by atoms with Gasteiger partial charge in [-0.2, -0.15) is 10.2 Å². The minimum Gasteiger partial charge on any atom is -0.325 e. The molecule has 2 aromatic carbocycles. The van der Waals surface area contributed by atoms with Crippen LogP contribution in [0.2, 0.25) is 0 Å². The number of benzene rings is 2. The molecule has 4 rings (SSSR count). The van der Waals surface area contributed by atoms with Crippen molar-refractivity contribution in [2.24, 2.45) is 0 Å². The minimum absolute atomic E-state index is 0.0772. The van der Waals surface area contributed by atoms with Crippen molar-refractivity contribution in [3.05, 3.63) is 82.2 Å². The number of nitrogens with one attached hydrogen (secondary N) is 2. The van der Waals surface area contributed by atoms with Crippen molar-refractivity contribution in [3.63, 3.8) is 0 Å². The van der Waals surface area contributed by atoms with Gasteiger partial charge in [0.25, 0.3) is 5.56 Å². The molecule has 1 amide bonds. The summed E-state index contributed by atoms with van der Waals surface area (Å²) in [4.78, 5) is 24.6. The monoisotopic (exact) mass is 377 g/mol. The molecule has 0 aliphatic rings. The third-order valence-corrected chi connectivity index (χ3v) is 4.35. The molecule has 2 aromatic heterocycles. The Labute approximate surface area is 158 Å². The van der Waals surface area contributed by atoms with E-state index in [-0.39, 0.29) is 29.5 Å². The highest BCUT2D eigenvalue weighted by molar-refractivity contribution is 5.92. The molecule has 0 fully saturated rings. The Morgan fingerprint density at radius 1 is 1.18 bits per heavy atom. The lowest BCUT2D eigenvalue weighted by molar-refractivity contribution is -0.115. The van der Waals surface area contributed by atoms with Gasteiger partial charge in [0, 0.05) is 11.3 Å². The molecule has 140 valence electrons. The van der Waals surface area contributed by atoms with Gasteiger partial charge in [-0.3, -0.25) is 9.59 Å².